The molecule has 0 radical (unpaired) electrons. The molecule has 168 valence electrons. The first-order valence-electron chi connectivity index (χ1n) is 10.4. The molecule has 2 aromatic rings. The summed E-state index contributed by atoms with van der Waals surface area (Å²) in [5.74, 6) is 1.69. The van der Waals surface area contributed by atoms with Crippen molar-refractivity contribution in [1.82, 2.24) is 0 Å². The third-order valence-electron chi connectivity index (χ3n) is 3.90. The molecule has 30 heavy (non-hydrogen) atoms. The molecule has 2 rings (SSSR count). The fourth-order valence-electron chi connectivity index (χ4n) is 2.47. The van der Waals surface area contributed by atoms with E-state index in [1.54, 1.807) is 0 Å². The summed E-state index contributed by atoms with van der Waals surface area (Å²) in [6.45, 7) is 8.30. The Morgan fingerprint density at radius 3 is 1.53 bits per heavy atom. The fraction of sp³-hybridized carbons (Fsp3) is 0.435. The number of anilines is 2. The second-order valence-electron chi connectivity index (χ2n) is 6.34. The summed E-state index contributed by atoms with van der Waals surface area (Å²) in [4.78, 5) is 0. The van der Waals surface area contributed by atoms with Crippen molar-refractivity contribution < 1.29 is 9.47 Å². The molecule has 0 saturated carbocycles. The van der Waals surface area contributed by atoms with Gasteiger partial charge in [0.15, 0.2) is 5.11 Å². The highest BCUT2D eigenvalue weighted by atomic mass is 32.1. The third-order valence-corrected chi connectivity index (χ3v) is 4.11. The summed E-state index contributed by atoms with van der Waals surface area (Å²) in [5, 5.41) is 6.80. The lowest BCUT2D eigenvalue weighted by Crippen LogP contribution is -2.18. The first-order valence-corrected chi connectivity index (χ1v) is 10.8. The smallest absolute Gasteiger partial charge is 0.175 e. The van der Waals surface area contributed by atoms with E-state index in [4.69, 9.17) is 27.4 Å². The minimum Gasteiger partial charge on any atom is -0.494 e. The SMILES string of the molecule is CCCCCCN.CCOc1ccc(NC(=S)Nc2ccc(OCC)cc2)cc1.[SiH4]. The van der Waals surface area contributed by atoms with Crippen molar-refractivity contribution in [3.8, 4) is 11.5 Å². The van der Waals surface area contributed by atoms with Gasteiger partial charge in [0.25, 0.3) is 0 Å². The van der Waals surface area contributed by atoms with E-state index >= 15 is 0 Å². The Hall–Kier alpha value is -2.09. The Labute approximate surface area is 191 Å². The highest BCUT2D eigenvalue weighted by molar-refractivity contribution is 7.80. The van der Waals surface area contributed by atoms with Crippen LogP contribution in [0.4, 0.5) is 11.4 Å². The lowest BCUT2D eigenvalue weighted by atomic mass is 10.2. The van der Waals surface area contributed by atoms with Gasteiger partial charge in [0, 0.05) is 11.4 Å². The van der Waals surface area contributed by atoms with Crippen LogP contribution in [0.2, 0.25) is 0 Å². The van der Waals surface area contributed by atoms with Gasteiger partial charge in [-0.05, 0) is 98.5 Å². The van der Waals surface area contributed by atoms with Gasteiger partial charge in [-0.2, -0.15) is 0 Å². The lowest BCUT2D eigenvalue weighted by molar-refractivity contribution is 0.340. The molecule has 0 bridgehead atoms. The first-order chi connectivity index (χ1) is 14.1. The van der Waals surface area contributed by atoms with Gasteiger partial charge in [-0.15, -0.1) is 0 Å². The Morgan fingerprint density at radius 2 is 1.20 bits per heavy atom. The summed E-state index contributed by atoms with van der Waals surface area (Å²) in [7, 11) is 0. The standard InChI is InChI=1S/C17H20N2O2S.C6H15N.H4Si/c1-3-20-15-9-5-13(6-10-15)18-17(22)19-14-7-11-16(12-8-14)21-4-2;1-2-3-4-5-6-7;/h5-12H,3-4H2,1-2H3,(H2,18,19,22);2-7H2,1H3;1H4. The van der Waals surface area contributed by atoms with Gasteiger partial charge in [-0.25, -0.2) is 0 Å². The number of benzene rings is 2. The molecule has 0 aliphatic carbocycles. The molecule has 0 spiro atoms. The zero-order valence-corrected chi connectivity index (χ0v) is 18.7. The topological polar surface area (TPSA) is 68.5 Å². The van der Waals surface area contributed by atoms with Crippen LogP contribution in [0.15, 0.2) is 48.5 Å². The van der Waals surface area contributed by atoms with Gasteiger partial charge in [0.1, 0.15) is 11.5 Å². The quantitative estimate of drug-likeness (QED) is 0.284. The van der Waals surface area contributed by atoms with Crippen molar-refractivity contribution in [2.24, 2.45) is 5.73 Å². The lowest BCUT2D eigenvalue weighted by Gasteiger charge is -2.12. The number of rotatable bonds is 10. The number of hydrogen-bond acceptors (Lipinski definition) is 4. The van der Waals surface area contributed by atoms with E-state index in [2.05, 4.69) is 17.6 Å². The number of hydrogen-bond donors (Lipinski definition) is 3. The summed E-state index contributed by atoms with van der Waals surface area (Å²) >= 11 is 5.30. The normalized spacial score (nSPS) is 9.47. The van der Waals surface area contributed by atoms with Crippen molar-refractivity contribution in [2.75, 3.05) is 30.4 Å². The first kappa shape index (κ1) is 27.9. The van der Waals surface area contributed by atoms with Gasteiger partial charge < -0.3 is 25.8 Å². The van der Waals surface area contributed by atoms with E-state index in [1.165, 1.54) is 25.7 Å². The van der Waals surface area contributed by atoms with E-state index in [1.807, 2.05) is 62.4 Å². The Bertz CT molecular complexity index is 624. The highest BCUT2D eigenvalue weighted by Crippen LogP contribution is 2.18. The van der Waals surface area contributed by atoms with E-state index in [-0.39, 0.29) is 11.0 Å². The van der Waals surface area contributed by atoms with Crippen LogP contribution in [0, 0.1) is 0 Å². The number of ether oxygens (including phenoxy) is 2. The van der Waals surface area contributed by atoms with Crippen molar-refractivity contribution in [3.05, 3.63) is 48.5 Å². The van der Waals surface area contributed by atoms with Gasteiger partial charge in [-0.3, -0.25) is 0 Å². The third kappa shape index (κ3) is 12.5. The molecule has 0 amide bonds. The number of nitrogens with two attached hydrogens (primary N) is 1. The second kappa shape index (κ2) is 17.7. The molecular formula is C23H39N3O2SSi. The van der Waals surface area contributed by atoms with E-state index in [0.717, 1.165) is 29.4 Å². The Balaban J connectivity index is 0.000000909. The molecule has 7 heteroatoms. The van der Waals surface area contributed by atoms with Crippen LogP contribution in [0.1, 0.15) is 46.5 Å². The van der Waals surface area contributed by atoms with Crippen LogP contribution in [-0.4, -0.2) is 35.8 Å². The maximum absolute atomic E-state index is 5.40. The predicted molar refractivity (Wildman–Crippen MR) is 140 cm³/mol. The molecule has 0 atom stereocenters. The maximum Gasteiger partial charge on any atom is 0.175 e. The van der Waals surface area contributed by atoms with Gasteiger partial charge in [0.05, 0.1) is 13.2 Å². The van der Waals surface area contributed by atoms with Crippen LogP contribution in [0.5, 0.6) is 11.5 Å². The summed E-state index contributed by atoms with van der Waals surface area (Å²) in [6, 6.07) is 15.3. The second-order valence-corrected chi connectivity index (χ2v) is 6.75. The molecule has 0 aliphatic heterocycles. The molecule has 2 aromatic carbocycles. The maximum atomic E-state index is 5.40. The van der Waals surface area contributed by atoms with Gasteiger partial charge in [-0.1, -0.05) is 26.2 Å². The number of nitrogens with one attached hydrogen (secondary N) is 2. The Morgan fingerprint density at radius 1 is 0.767 bits per heavy atom. The van der Waals surface area contributed by atoms with Crippen LogP contribution < -0.4 is 25.8 Å². The molecule has 0 aliphatic rings. The molecule has 0 fully saturated rings. The van der Waals surface area contributed by atoms with Crippen molar-refractivity contribution >= 4 is 39.7 Å². The summed E-state index contributed by atoms with van der Waals surface area (Å²) in [5.41, 5.74) is 7.09. The molecule has 4 N–H and O–H groups in total. The largest absolute Gasteiger partial charge is 0.494 e. The predicted octanol–water partition coefficient (Wildman–Crippen LogP) is 4.37. The van der Waals surface area contributed by atoms with Gasteiger partial charge in [0.2, 0.25) is 0 Å². The summed E-state index contributed by atoms with van der Waals surface area (Å²) in [6.07, 6.45) is 5.16. The highest BCUT2D eigenvalue weighted by Gasteiger charge is 2.00. The van der Waals surface area contributed by atoms with Crippen molar-refractivity contribution in [1.29, 1.82) is 0 Å². The number of unbranched alkanes of at least 4 members (excludes halogenated alkanes) is 3. The van der Waals surface area contributed by atoms with E-state index < -0.39 is 0 Å². The molecule has 0 aromatic heterocycles. The molecule has 0 saturated heterocycles. The fourth-order valence-corrected chi connectivity index (χ4v) is 2.70. The molecule has 5 nitrogen and oxygen atoms in total. The average Bonchev–Trinajstić information content (AvgIpc) is 2.72. The summed E-state index contributed by atoms with van der Waals surface area (Å²) < 4.78 is 10.8. The molecular weight excluding hydrogens is 410 g/mol. The average molecular weight is 450 g/mol. The zero-order chi connectivity index (χ0) is 21.3. The van der Waals surface area contributed by atoms with Crippen LogP contribution in [-0.2, 0) is 0 Å². The van der Waals surface area contributed by atoms with E-state index in [0.29, 0.717) is 18.3 Å². The Kier molecular flexibility index (Phi) is 16.5. The molecule has 0 heterocycles. The van der Waals surface area contributed by atoms with Crippen LogP contribution >= 0.6 is 12.2 Å². The minimum atomic E-state index is 0. The van der Waals surface area contributed by atoms with Crippen molar-refractivity contribution in [2.45, 2.75) is 46.5 Å². The molecule has 0 unspecified atom stereocenters. The zero-order valence-electron chi connectivity index (χ0n) is 17.9. The van der Waals surface area contributed by atoms with Crippen LogP contribution in [0.3, 0.4) is 0 Å². The van der Waals surface area contributed by atoms with Crippen LogP contribution in [0.25, 0.3) is 0 Å². The van der Waals surface area contributed by atoms with Gasteiger partial charge >= 0.3 is 0 Å². The number of thiocarbonyl (C=S) groups is 1. The monoisotopic (exact) mass is 449 g/mol. The van der Waals surface area contributed by atoms with E-state index in [9.17, 15) is 0 Å². The van der Waals surface area contributed by atoms with Crippen molar-refractivity contribution in [3.63, 3.8) is 0 Å². The minimum absolute atomic E-state index is 0.